The lowest BCUT2D eigenvalue weighted by Gasteiger charge is -2.15. The van der Waals surface area contributed by atoms with Crippen molar-refractivity contribution in [3.05, 3.63) is 70.3 Å². The number of unbranched alkanes of at least 4 members (excludes halogenated alkanes) is 1. The molecule has 1 aromatic carbocycles. The van der Waals surface area contributed by atoms with Gasteiger partial charge in [0, 0.05) is 36.5 Å². The molecule has 0 saturated carbocycles. The van der Waals surface area contributed by atoms with Gasteiger partial charge in [0.2, 0.25) is 0 Å². The first kappa shape index (κ1) is 19.6. The number of hydrogen-bond acceptors (Lipinski definition) is 5. The molecule has 1 N–H and O–H groups in total. The highest BCUT2D eigenvalue weighted by molar-refractivity contribution is 5.83. The number of pyridine rings is 1. The summed E-state index contributed by atoms with van der Waals surface area (Å²) in [5, 5.41) is 3.72. The summed E-state index contributed by atoms with van der Waals surface area (Å²) in [5.41, 5.74) is 1.98. The van der Waals surface area contributed by atoms with E-state index in [1.54, 1.807) is 37.5 Å². The number of aryl methyl sites for hydroxylation is 1. The van der Waals surface area contributed by atoms with E-state index in [4.69, 9.17) is 9.15 Å². The van der Waals surface area contributed by atoms with Crippen molar-refractivity contribution in [2.24, 2.45) is 0 Å². The van der Waals surface area contributed by atoms with Gasteiger partial charge in [0.1, 0.15) is 11.3 Å². The largest absolute Gasteiger partial charge is 0.481 e. The van der Waals surface area contributed by atoms with E-state index >= 15 is 0 Å². The van der Waals surface area contributed by atoms with Crippen LogP contribution in [0.1, 0.15) is 37.8 Å². The van der Waals surface area contributed by atoms with Gasteiger partial charge in [-0.25, -0.2) is 4.79 Å². The molecule has 0 fully saturated rings. The van der Waals surface area contributed by atoms with E-state index in [0.717, 1.165) is 35.8 Å². The molecule has 146 valence electrons. The van der Waals surface area contributed by atoms with Crippen LogP contribution in [0.5, 0.6) is 5.75 Å². The highest BCUT2D eigenvalue weighted by atomic mass is 16.5. The summed E-state index contributed by atoms with van der Waals surface area (Å²) in [6.45, 7) is 4.17. The number of carbonyl (C=O) groups excluding carboxylic acids is 1. The molecule has 3 rings (SSSR count). The zero-order valence-corrected chi connectivity index (χ0v) is 16.1. The van der Waals surface area contributed by atoms with Crippen LogP contribution in [0.4, 0.5) is 0 Å². The number of amides is 1. The summed E-state index contributed by atoms with van der Waals surface area (Å²) in [4.78, 5) is 28.2. The van der Waals surface area contributed by atoms with Gasteiger partial charge in [0.05, 0.1) is 0 Å². The maximum absolute atomic E-state index is 12.3. The van der Waals surface area contributed by atoms with Crippen LogP contribution in [0.2, 0.25) is 0 Å². The third-order valence-electron chi connectivity index (χ3n) is 4.47. The monoisotopic (exact) mass is 380 g/mol. The van der Waals surface area contributed by atoms with E-state index in [2.05, 4.69) is 17.2 Å². The van der Waals surface area contributed by atoms with E-state index < -0.39 is 6.10 Å². The molecule has 0 spiro atoms. The number of rotatable bonds is 8. The Kier molecular flexibility index (Phi) is 6.42. The first-order chi connectivity index (χ1) is 13.6. The Balaban J connectivity index is 1.69. The number of carbonyl (C=O) groups is 1. The summed E-state index contributed by atoms with van der Waals surface area (Å²) in [7, 11) is 0. The maximum atomic E-state index is 12.3. The Bertz CT molecular complexity index is 998. The summed E-state index contributed by atoms with van der Waals surface area (Å²) in [5.74, 6) is 0.245. The first-order valence-electron chi connectivity index (χ1n) is 9.47. The molecule has 1 amide bonds. The maximum Gasteiger partial charge on any atom is 0.336 e. The predicted octanol–water partition coefficient (Wildman–Crippen LogP) is 3.61. The minimum absolute atomic E-state index is 0.234. The minimum Gasteiger partial charge on any atom is -0.481 e. The molecule has 0 aliphatic rings. The van der Waals surface area contributed by atoms with E-state index in [0.29, 0.717) is 17.9 Å². The summed E-state index contributed by atoms with van der Waals surface area (Å²) < 4.78 is 11.1. The van der Waals surface area contributed by atoms with Crippen molar-refractivity contribution in [1.29, 1.82) is 0 Å². The highest BCUT2D eigenvalue weighted by Crippen LogP contribution is 2.24. The number of benzene rings is 1. The zero-order valence-electron chi connectivity index (χ0n) is 16.1. The quantitative estimate of drug-likeness (QED) is 0.604. The van der Waals surface area contributed by atoms with Crippen LogP contribution in [-0.2, 0) is 17.8 Å². The van der Waals surface area contributed by atoms with Crippen molar-refractivity contribution in [1.82, 2.24) is 10.3 Å². The lowest BCUT2D eigenvalue weighted by Crippen LogP contribution is -2.35. The van der Waals surface area contributed by atoms with Crippen LogP contribution < -0.4 is 15.7 Å². The molecule has 2 aromatic heterocycles. The first-order valence-corrected chi connectivity index (χ1v) is 9.47. The molecule has 0 radical (unpaired) electrons. The average Bonchev–Trinajstić information content (AvgIpc) is 2.70. The lowest BCUT2D eigenvalue weighted by molar-refractivity contribution is -0.127. The Labute approximate surface area is 163 Å². The Morgan fingerprint density at radius 1 is 1.29 bits per heavy atom. The number of ether oxygens (including phenoxy) is 1. The van der Waals surface area contributed by atoms with Gasteiger partial charge < -0.3 is 14.5 Å². The van der Waals surface area contributed by atoms with E-state index in [1.807, 2.05) is 18.2 Å². The van der Waals surface area contributed by atoms with E-state index in [1.165, 1.54) is 0 Å². The molecule has 6 heteroatoms. The van der Waals surface area contributed by atoms with Gasteiger partial charge in [-0.3, -0.25) is 9.78 Å². The zero-order chi connectivity index (χ0) is 19.9. The average molecular weight is 380 g/mol. The SMILES string of the molecule is CCCCc1cc(=O)oc2cc(OC(C)C(=O)NCc3cccnc3)ccc12. The fourth-order valence-electron chi connectivity index (χ4n) is 2.95. The molecule has 0 bridgehead atoms. The number of nitrogens with zero attached hydrogens (tertiary/aromatic N) is 1. The number of nitrogens with one attached hydrogen (secondary N) is 1. The van der Waals surface area contributed by atoms with Crippen molar-refractivity contribution in [3.8, 4) is 5.75 Å². The molecule has 3 aromatic rings. The van der Waals surface area contributed by atoms with Gasteiger partial charge in [0.25, 0.3) is 5.91 Å². The lowest BCUT2D eigenvalue weighted by atomic mass is 10.0. The fourth-order valence-corrected chi connectivity index (χ4v) is 2.95. The highest BCUT2D eigenvalue weighted by Gasteiger charge is 2.15. The Morgan fingerprint density at radius 3 is 2.89 bits per heavy atom. The van der Waals surface area contributed by atoms with Gasteiger partial charge >= 0.3 is 5.63 Å². The van der Waals surface area contributed by atoms with Crippen molar-refractivity contribution < 1.29 is 13.9 Å². The van der Waals surface area contributed by atoms with Gasteiger partial charge in [-0.15, -0.1) is 0 Å². The Hall–Kier alpha value is -3.15. The molecular formula is C22H24N2O4. The van der Waals surface area contributed by atoms with Gasteiger partial charge in [-0.2, -0.15) is 0 Å². The number of aromatic nitrogens is 1. The van der Waals surface area contributed by atoms with Crippen molar-refractivity contribution in [2.75, 3.05) is 0 Å². The number of fused-ring (bicyclic) bond motifs is 1. The van der Waals surface area contributed by atoms with Crippen LogP contribution in [-0.4, -0.2) is 17.0 Å². The van der Waals surface area contributed by atoms with Crippen molar-refractivity contribution in [3.63, 3.8) is 0 Å². The predicted molar refractivity (Wildman–Crippen MR) is 107 cm³/mol. The molecule has 1 atom stereocenters. The summed E-state index contributed by atoms with van der Waals surface area (Å²) in [6.07, 6.45) is 5.57. The topological polar surface area (TPSA) is 81.4 Å². The molecule has 0 aliphatic carbocycles. The van der Waals surface area contributed by atoms with Crippen LogP contribution in [0, 0.1) is 0 Å². The molecule has 2 heterocycles. The molecule has 28 heavy (non-hydrogen) atoms. The number of hydrogen-bond donors (Lipinski definition) is 1. The second-order valence-electron chi connectivity index (χ2n) is 6.69. The van der Waals surface area contributed by atoms with Gasteiger partial charge in [-0.1, -0.05) is 19.4 Å². The van der Waals surface area contributed by atoms with Crippen molar-refractivity contribution >= 4 is 16.9 Å². The van der Waals surface area contributed by atoms with Gasteiger partial charge in [0.15, 0.2) is 6.10 Å². The second kappa shape index (κ2) is 9.17. The van der Waals surface area contributed by atoms with Gasteiger partial charge in [-0.05, 0) is 49.1 Å². The third kappa shape index (κ3) is 4.97. The second-order valence-corrected chi connectivity index (χ2v) is 6.69. The molecular weight excluding hydrogens is 356 g/mol. The molecule has 0 saturated heterocycles. The molecule has 6 nitrogen and oxygen atoms in total. The van der Waals surface area contributed by atoms with Crippen LogP contribution >= 0.6 is 0 Å². The summed E-state index contributed by atoms with van der Waals surface area (Å²) in [6, 6.07) is 10.6. The summed E-state index contributed by atoms with van der Waals surface area (Å²) >= 11 is 0. The minimum atomic E-state index is -0.691. The molecule has 1 unspecified atom stereocenters. The third-order valence-corrected chi connectivity index (χ3v) is 4.47. The van der Waals surface area contributed by atoms with Crippen molar-refractivity contribution in [2.45, 2.75) is 45.8 Å². The van der Waals surface area contributed by atoms with E-state index in [-0.39, 0.29) is 11.5 Å². The van der Waals surface area contributed by atoms with Crippen LogP contribution in [0.15, 0.2) is 58.0 Å². The Morgan fingerprint density at radius 2 is 2.14 bits per heavy atom. The fraction of sp³-hybridized carbons (Fsp3) is 0.318. The smallest absolute Gasteiger partial charge is 0.336 e. The van der Waals surface area contributed by atoms with Crippen LogP contribution in [0.3, 0.4) is 0 Å². The standard InChI is InChI=1S/C22H24N2O4/c1-3-4-7-17-11-21(25)28-20-12-18(8-9-19(17)20)27-15(2)22(26)24-14-16-6-5-10-23-13-16/h5-6,8-13,15H,3-4,7,14H2,1-2H3,(H,24,26). The van der Waals surface area contributed by atoms with E-state index in [9.17, 15) is 9.59 Å². The normalized spacial score (nSPS) is 11.9. The van der Waals surface area contributed by atoms with Crippen LogP contribution in [0.25, 0.3) is 11.0 Å². The molecule has 0 aliphatic heterocycles.